The molecule has 0 saturated carbocycles. The molecule has 0 saturated heterocycles. The van der Waals surface area contributed by atoms with Crippen LogP contribution in [0.25, 0.3) is 0 Å². The molecule has 4 heteroatoms. The summed E-state index contributed by atoms with van der Waals surface area (Å²) in [5.41, 5.74) is 3.10. The van der Waals surface area contributed by atoms with Crippen LogP contribution in [0.1, 0.15) is 6.92 Å². The second-order valence-corrected chi connectivity index (χ2v) is 9.03. The van der Waals surface area contributed by atoms with Gasteiger partial charge < -0.3 is 9.84 Å². The molecule has 0 aromatic rings. The molecular formula is C10H18O3Si. The van der Waals surface area contributed by atoms with E-state index < -0.39 is 20.1 Å². The molecule has 0 heterocycles. The van der Waals surface area contributed by atoms with E-state index in [1.165, 1.54) is 7.11 Å². The molecule has 0 aliphatic heterocycles. The van der Waals surface area contributed by atoms with Crippen LogP contribution in [0.4, 0.5) is 0 Å². The van der Waals surface area contributed by atoms with Crippen molar-refractivity contribution in [3.63, 3.8) is 0 Å². The molecule has 0 rings (SSSR count). The molecule has 0 aromatic heterocycles. The molecule has 14 heavy (non-hydrogen) atoms. The standard InChI is InChI=1S/C10H18O3Si/c1-8(6-7-14(3,4)5)9(11)10(12)13-2/h8-9,11H,1-5H3/t8-,9+/m0/s1. The zero-order valence-corrected chi connectivity index (χ0v) is 10.4. The zero-order chi connectivity index (χ0) is 11.4. The van der Waals surface area contributed by atoms with Crippen LogP contribution in [-0.2, 0) is 9.53 Å². The van der Waals surface area contributed by atoms with Gasteiger partial charge in [0.1, 0.15) is 8.07 Å². The molecule has 1 N–H and O–H groups in total. The average Bonchev–Trinajstić information content (AvgIpc) is 2.10. The van der Waals surface area contributed by atoms with Crippen LogP contribution in [0.5, 0.6) is 0 Å². The third kappa shape index (κ3) is 5.05. The summed E-state index contributed by atoms with van der Waals surface area (Å²) in [5.74, 6) is 1.91. The molecule has 0 spiro atoms. The first kappa shape index (κ1) is 13.2. The van der Waals surface area contributed by atoms with E-state index in [2.05, 4.69) is 35.8 Å². The van der Waals surface area contributed by atoms with Gasteiger partial charge in [0, 0.05) is 0 Å². The Morgan fingerprint density at radius 2 is 1.93 bits per heavy atom. The summed E-state index contributed by atoms with van der Waals surface area (Å²) in [6, 6.07) is 0. The van der Waals surface area contributed by atoms with Gasteiger partial charge in [0.05, 0.1) is 13.0 Å². The lowest BCUT2D eigenvalue weighted by Crippen LogP contribution is -2.28. The van der Waals surface area contributed by atoms with E-state index in [4.69, 9.17) is 0 Å². The molecule has 0 aromatic carbocycles. The Morgan fingerprint density at radius 3 is 2.29 bits per heavy atom. The third-order valence-electron chi connectivity index (χ3n) is 1.59. The molecule has 3 nitrogen and oxygen atoms in total. The maximum absolute atomic E-state index is 10.9. The summed E-state index contributed by atoms with van der Waals surface area (Å²) < 4.78 is 4.42. The number of esters is 1. The number of carbonyl (C=O) groups excluding carboxylic acids is 1. The average molecular weight is 214 g/mol. The first-order valence-corrected chi connectivity index (χ1v) is 8.06. The Morgan fingerprint density at radius 1 is 1.43 bits per heavy atom. The first-order chi connectivity index (χ1) is 6.28. The predicted octanol–water partition coefficient (Wildman–Crippen LogP) is 1.04. The monoisotopic (exact) mass is 214 g/mol. The minimum Gasteiger partial charge on any atom is -0.467 e. The van der Waals surface area contributed by atoms with Crippen LogP contribution in [0.2, 0.25) is 19.6 Å². The van der Waals surface area contributed by atoms with Crippen LogP contribution < -0.4 is 0 Å². The van der Waals surface area contributed by atoms with E-state index in [1.807, 2.05) is 0 Å². The predicted molar refractivity (Wildman–Crippen MR) is 58.3 cm³/mol. The summed E-state index contributed by atoms with van der Waals surface area (Å²) in [7, 11) is -0.181. The summed E-state index contributed by atoms with van der Waals surface area (Å²) >= 11 is 0. The lowest BCUT2D eigenvalue weighted by Gasteiger charge is -2.12. The Balaban J connectivity index is 4.39. The van der Waals surface area contributed by atoms with Crippen LogP contribution in [0, 0.1) is 17.4 Å². The molecule has 0 fully saturated rings. The Kier molecular flexibility index (Phi) is 4.88. The van der Waals surface area contributed by atoms with E-state index >= 15 is 0 Å². The second-order valence-electron chi connectivity index (χ2n) is 4.28. The van der Waals surface area contributed by atoms with Gasteiger partial charge in [-0.3, -0.25) is 0 Å². The quantitative estimate of drug-likeness (QED) is 0.424. The van der Waals surface area contributed by atoms with Crippen molar-refractivity contribution in [1.82, 2.24) is 0 Å². The molecular weight excluding hydrogens is 196 g/mol. The van der Waals surface area contributed by atoms with Crippen molar-refractivity contribution < 1.29 is 14.6 Å². The van der Waals surface area contributed by atoms with Crippen molar-refractivity contribution >= 4 is 14.0 Å². The highest BCUT2D eigenvalue weighted by atomic mass is 28.3. The van der Waals surface area contributed by atoms with Crippen LogP contribution >= 0.6 is 0 Å². The van der Waals surface area contributed by atoms with Crippen LogP contribution in [-0.4, -0.2) is 32.4 Å². The summed E-state index contributed by atoms with van der Waals surface area (Å²) in [5, 5.41) is 9.42. The van der Waals surface area contributed by atoms with Gasteiger partial charge in [-0.15, -0.1) is 11.5 Å². The lowest BCUT2D eigenvalue weighted by molar-refractivity contribution is -0.151. The maximum Gasteiger partial charge on any atom is 0.335 e. The topological polar surface area (TPSA) is 46.5 Å². The second kappa shape index (κ2) is 5.18. The van der Waals surface area contributed by atoms with Crippen molar-refractivity contribution in [2.45, 2.75) is 32.7 Å². The lowest BCUT2D eigenvalue weighted by atomic mass is 10.1. The molecule has 2 atom stereocenters. The number of carbonyl (C=O) groups is 1. The van der Waals surface area contributed by atoms with E-state index in [-0.39, 0.29) is 5.92 Å². The maximum atomic E-state index is 10.9. The highest BCUT2D eigenvalue weighted by Crippen LogP contribution is 2.05. The smallest absolute Gasteiger partial charge is 0.335 e. The minimum atomic E-state index is -1.44. The van der Waals surface area contributed by atoms with Gasteiger partial charge in [-0.05, 0) is 6.92 Å². The molecule has 80 valence electrons. The van der Waals surface area contributed by atoms with Gasteiger partial charge in [0.2, 0.25) is 0 Å². The van der Waals surface area contributed by atoms with Crippen molar-refractivity contribution in [1.29, 1.82) is 0 Å². The molecule has 0 aliphatic rings. The van der Waals surface area contributed by atoms with Gasteiger partial charge >= 0.3 is 5.97 Å². The fourth-order valence-electron chi connectivity index (χ4n) is 0.734. The Labute approximate surface area is 86.5 Å². The number of methoxy groups -OCH3 is 1. The molecule has 0 amide bonds. The molecule has 0 unspecified atom stereocenters. The van der Waals surface area contributed by atoms with Crippen molar-refractivity contribution in [2.75, 3.05) is 7.11 Å². The van der Waals surface area contributed by atoms with Gasteiger partial charge in [0.15, 0.2) is 6.10 Å². The largest absolute Gasteiger partial charge is 0.467 e. The molecule has 0 aliphatic carbocycles. The van der Waals surface area contributed by atoms with E-state index in [0.717, 1.165) is 0 Å². The molecule has 0 radical (unpaired) electrons. The summed E-state index contributed by atoms with van der Waals surface area (Å²) in [6.07, 6.45) is -1.14. The Bertz CT molecular complexity index is 257. The van der Waals surface area contributed by atoms with Crippen molar-refractivity contribution in [2.24, 2.45) is 5.92 Å². The van der Waals surface area contributed by atoms with E-state index in [9.17, 15) is 9.90 Å². The van der Waals surface area contributed by atoms with Crippen LogP contribution in [0.3, 0.4) is 0 Å². The van der Waals surface area contributed by atoms with Crippen molar-refractivity contribution in [3.8, 4) is 11.5 Å². The van der Waals surface area contributed by atoms with Crippen molar-refractivity contribution in [3.05, 3.63) is 0 Å². The number of hydrogen-bond donors (Lipinski definition) is 1. The SMILES string of the molecule is COC(=O)[C@H](O)[C@@H](C)C#C[Si](C)(C)C. The number of hydrogen-bond acceptors (Lipinski definition) is 3. The van der Waals surface area contributed by atoms with Crippen LogP contribution in [0.15, 0.2) is 0 Å². The minimum absolute atomic E-state index is 0.367. The normalized spacial score (nSPS) is 15.0. The third-order valence-corrected chi connectivity index (χ3v) is 2.49. The van der Waals surface area contributed by atoms with E-state index in [1.54, 1.807) is 6.92 Å². The number of aliphatic hydroxyl groups is 1. The number of aliphatic hydroxyl groups excluding tert-OH is 1. The summed E-state index contributed by atoms with van der Waals surface area (Å²) in [6.45, 7) is 8.04. The summed E-state index contributed by atoms with van der Waals surface area (Å²) in [4.78, 5) is 10.9. The van der Waals surface area contributed by atoms with Gasteiger partial charge in [0.25, 0.3) is 0 Å². The fraction of sp³-hybridized carbons (Fsp3) is 0.700. The first-order valence-electron chi connectivity index (χ1n) is 4.56. The highest BCUT2D eigenvalue weighted by Gasteiger charge is 2.21. The highest BCUT2D eigenvalue weighted by molar-refractivity contribution is 6.83. The van der Waals surface area contributed by atoms with Gasteiger partial charge in [-0.25, -0.2) is 4.79 Å². The van der Waals surface area contributed by atoms with Gasteiger partial charge in [-0.1, -0.05) is 19.6 Å². The zero-order valence-electron chi connectivity index (χ0n) is 9.42. The van der Waals surface area contributed by atoms with E-state index in [0.29, 0.717) is 0 Å². The fourth-order valence-corrected chi connectivity index (χ4v) is 1.39. The number of rotatable bonds is 2. The molecule has 0 bridgehead atoms. The van der Waals surface area contributed by atoms with Gasteiger partial charge in [-0.2, -0.15) is 0 Å². The Hall–Kier alpha value is -0.793. The number of ether oxygens (including phenoxy) is 1.